The van der Waals surface area contributed by atoms with Crippen molar-refractivity contribution in [1.82, 2.24) is 9.55 Å². The lowest BCUT2D eigenvalue weighted by Crippen LogP contribution is -2.08. The van der Waals surface area contributed by atoms with E-state index in [2.05, 4.69) is 4.98 Å². The van der Waals surface area contributed by atoms with Gasteiger partial charge >= 0.3 is 0 Å². The van der Waals surface area contributed by atoms with Crippen molar-refractivity contribution >= 4 is 0 Å². The summed E-state index contributed by atoms with van der Waals surface area (Å²) in [4.78, 5) is 4.12. The average molecular weight is 218 g/mol. The lowest BCUT2D eigenvalue weighted by Gasteiger charge is -2.14. The normalized spacial score (nSPS) is 12.4. The molecule has 16 heavy (non-hydrogen) atoms. The number of methoxy groups -OCH3 is 1. The van der Waals surface area contributed by atoms with Gasteiger partial charge in [0.1, 0.15) is 17.7 Å². The second-order valence-corrected chi connectivity index (χ2v) is 3.54. The lowest BCUT2D eigenvalue weighted by molar-refractivity contribution is 0.201. The van der Waals surface area contributed by atoms with Gasteiger partial charge in [0.05, 0.1) is 7.11 Å². The highest BCUT2D eigenvalue weighted by Gasteiger charge is 2.18. The van der Waals surface area contributed by atoms with Gasteiger partial charge in [0.15, 0.2) is 0 Å². The van der Waals surface area contributed by atoms with Crippen molar-refractivity contribution in [2.45, 2.75) is 6.10 Å². The molecule has 0 saturated heterocycles. The topological polar surface area (TPSA) is 47.3 Å². The fraction of sp³-hybridized carbons (Fsp3) is 0.250. The van der Waals surface area contributed by atoms with Crippen molar-refractivity contribution in [3.63, 3.8) is 0 Å². The van der Waals surface area contributed by atoms with Gasteiger partial charge in [-0.3, -0.25) is 0 Å². The molecule has 0 spiro atoms. The largest absolute Gasteiger partial charge is 0.496 e. The maximum Gasteiger partial charge on any atom is 0.142 e. The summed E-state index contributed by atoms with van der Waals surface area (Å²) in [5, 5.41) is 10.2. The Morgan fingerprint density at radius 1 is 1.38 bits per heavy atom. The summed E-state index contributed by atoms with van der Waals surface area (Å²) in [5.41, 5.74) is 0.722. The zero-order valence-corrected chi connectivity index (χ0v) is 9.29. The molecule has 1 aromatic carbocycles. The van der Waals surface area contributed by atoms with Crippen molar-refractivity contribution in [1.29, 1.82) is 0 Å². The minimum atomic E-state index is -0.767. The molecule has 0 amide bonds. The van der Waals surface area contributed by atoms with E-state index in [4.69, 9.17) is 4.74 Å². The SMILES string of the molecule is COc1ccccc1[C@@H](O)c1nccn1C. The molecule has 1 heterocycles. The van der Waals surface area contributed by atoms with Crippen LogP contribution in [0.25, 0.3) is 0 Å². The van der Waals surface area contributed by atoms with E-state index in [1.807, 2.05) is 31.3 Å². The van der Waals surface area contributed by atoms with Crippen LogP contribution < -0.4 is 4.74 Å². The molecule has 0 aliphatic carbocycles. The molecule has 2 aromatic rings. The van der Waals surface area contributed by atoms with Gasteiger partial charge in [-0.25, -0.2) is 4.98 Å². The van der Waals surface area contributed by atoms with Gasteiger partial charge in [0.25, 0.3) is 0 Å². The molecule has 0 fully saturated rings. The Bertz CT molecular complexity index is 479. The third-order valence-electron chi connectivity index (χ3n) is 2.54. The van der Waals surface area contributed by atoms with Crippen molar-refractivity contribution in [2.75, 3.05) is 7.11 Å². The Morgan fingerprint density at radius 3 is 2.75 bits per heavy atom. The summed E-state index contributed by atoms with van der Waals surface area (Å²) in [7, 11) is 3.44. The smallest absolute Gasteiger partial charge is 0.142 e. The standard InChI is InChI=1S/C12H14N2O2/c1-14-8-7-13-12(14)11(15)9-5-3-4-6-10(9)16-2/h3-8,11,15H,1-2H3/t11-/m1/s1. The number of hydrogen-bond acceptors (Lipinski definition) is 3. The van der Waals surface area contributed by atoms with Crippen molar-refractivity contribution in [3.05, 3.63) is 48.0 Å². The molecule has 0 radical (unpaired) electrons. The minimum absolute atomic E-state index is 0.601. The zero-order chi connectivity index (χ0) is 11.5. The second-order valence-electron chi connectivity index (χ2n) is 3.54. The lowest BCUT2D eigenvalue weighted by atomic mass is 10.1. The van der Waals surface area contributed by atoms with E-state index in [1.54, 1.807) is 24.1 Å². The molecule has 84 valence electrons. The van der Waals surface area contributed by atoms with Crippen LogP contribution >= 0.6 is 0 Å². The van der Waals surface area contributed by atoms with Crippen LogP contribution in [0.15, 0.2) is 36.7 Å². The van der Waals surface area contributed by atoms with Gasteiger partial charge in [-0.2, -0.15) is 0 Å². The van der Waals surface area contributed by atoms with E-state index >= 15 is 0 Å². The van der Waals surface area contributed by atoms with Crippen LogP contribution in [-0.2, 0) is 7.05 Å². The molecule has 0 bridgehead atoms. The van der Waals surface area contributed by atoms with E-state index in [9.17, 15) is 5.11 Å². The molecule has 0 unspecified atom stereocenters. The minimum Gasteiger partial charge on any atom is -0.496 e. The summed E-state index contributed by atoms with van der Waals surface area (Å²) in [5.74, 6) is 1.27. The van der Waals surface area contributed by atoms with E-state index < -0.39 is 6.10 Å². The van der Waals surface area contributed by atoms with Crippen molar-refractivity contribution in [2.24, 2.45) is 7.05 Å². The number of aryl methyl sites for hydroxylation is 1. The first-order valence-electron chi connectivity index (χ1n) is 5.02. The molecule has 1 atom stereocenters. The maximum absolute atomic E-state index is 10.2. The van der Waals surface area contributed by atoms with Crippen LogP contribution in [0.1, 0.15) is 17.5 Å². The van der Waals surface area contributed by atoms with Gasteiger partial charge in [-0.1, -0.05) is 18.2 Å². The fourth-order valence-electron chi connectivity index (χ4n) is 1.67. The summed E-state index contributed by atoms with van der Waals surface area (Å²) in [6.07, 6.45) is 2.69. The van der Waals surface area contributed by atoms with Crippen molar-refractivity contribution < 1.29 is 9.84 Å². The average Bonchev–Trinajstić information content (AvgIpc) is 2.74. The second kappa shape index (κ2) is 4.37. The molecule has 0 aliphatic rings. The fourth-order valence-corrected chi connectivity index (χ4v) is 1.67. The van der Waals surface area contributed by atoms with Crippen molar-refractivity contribution in [3.8, 4) is 5.75 Å². The zero-order valence-electron chi connectivity index (χ0n) is 9.29. The highest BCUT2D eigenvalue weighted by molar-refractivity contribution is 5.37. The number of benzene rings is 1. The van der Waals surface area contributed by atoms with Gasteiger partial charge in [-0.15, -0.1) is 0 Å². The quantitative estimate of drug-likeness (QED) is 0.849. The van der Waals surface area contributed by atoms with Gasteiger partial charge in [0.2, 0.25) is 0 Å². The van der Waals surface area contributed by atoms with E-state index in [1.165, 1.54) is 0 Å². The third-order valence-corrected chi connectivity index (χ3v) is 2.54. The first-order valence-corrected chi connectivity index (χ1v) is 5.02. The summed E-state index contributed by atoms with van der Waals surface area (Å²) >= 11 is 0. The number of aliphatic hydroxyl groups excluding tert-OH is 1. The molecule has 4 heteroatoms. The summed E-state index contributed by atoms with van der Waals surface area (Å²) < 4.78 is 7.00. The Hall–Kier alpha value is -1.81. The monoisotopic (exact) mass is 218 g/mol. The molecule has 1 aromatic heterocycles. The first kappa shape index (κ1) is 10.7. The predicted octanol–water partition coefficient (Wildman–Crippen LogP) is 1.51. The molecular weight excluding hydrogens is 204 g/mol. The van der Waals surface area contributed by atoms with Crippen LogP contribution in [-0.4, -0.2) is 21.8 Å². The Labute approximate surface area is 94.1 Å². The Balaban J connectivity index is 2.41. The number of ether oxygens (including phenoxy) is 1. The van der Waals surface area contributed by atoms with Crippen LogP contribution in [0.4, 0.5) is 0 Å². The van der Waals surface area contributed by atoms with Crippen LogP contribution in [0.3, 0.4) is 0 Å². The number of nitrogens with zero attached hydrogens (tertiary/aromatic N) is 2. The maximum atomic E-state index is 10.2. The molecule has 2 rings (SSSR count). The Morgan fingerprint density at radius 2 is 2.12 bits per heavy atom. The van der Waals surface area contributed by atoms with E-state index in [0.717, 1.165) is 5.56 Å². The molecule has 0 aliphatic heterocycles. The molecule has 0 saturated carbocycles. The highest BCUT2D eigenvalue weighted by atomic mass is 16.5. The number of aromatic nitrogens is 2. The van der Waals surface area contributed by atoms with E-state index in [0.29, 0.717) is 11.6 Å². The number of para-hydroxylation sites is 1. The van der Waals surface area contributed by atoms with Crippen LogP contribution in [0.5, 0.6) is 5.75 Å². The molecular formula is C12H14N2O2. The highest BCUT2D eigenvalue weighted by Crippen LogP contribution is 2.28. The molecule has 1 N–H and O–H groups in total. The summed E-state index contributed by atoms with van der Waals surface area (Å²) in [6.45, 7) is 0. The Kier molecular flexibility index (Phi) is 2.92. The summed E-state index contributed by atoms with van der Waals surface area (Å²) in [6, 6.07) is 7.39. The number of aliphatic hydroxyl groups is 1. The van der Waals surface area contributed by atoms with Crippen LogP contribution in [0.2, 0.25) is 0 Å². The number of imidazole rings is 1. The van der Waals surface area contributed by atoms with Crippen LogP contribution in [0, 0.1) is 0 Å². The molecule has 4 nitrogen and oxygen atoms in total. The first-order chi connectivity index (χ1) is 7.74. The number of rotatable bonds is 3. The van der Waals surface area contributed by atoms with Gasteiger partial charge < -0.3 is 14.4 Å². The third kappa shape index (κ3) is 1.79. The van der Waals surface area contributed by atoms with Gasteiger partial charge in [0, 0.05) is 25.0 Å². The van der Waals surface area contributed by atoms with Gasteiger partial charge in [-0.05, 0) is 6.07 Å². The van der Waals surface area contributed by atoms with E-state index in [-0.39, 0.29) is 0 Å². The predicted molar refractivity (Wildman–Crippen MR) is 60.3 cm³/mol. The number of hydrogen-bond donors (Lipinski definition) is 1.